The van der Waals surface area contributed by atoms with Crippen LogP contribution in [0.1, 0.15) is 22.2 Å². The summed E-state index contributed by atoms with van der Waals surface area (Å²) in [4.78, 5) is 22.5. The number of carbonyl (C=O) groups excluding carboxylic acids is 1. The molecular weight excluding hydrogens is 396 g/mol. The van der Waals surface area contributed by atoms with Crippen molar-refractivity contribution in [1.82, 2.24) is 14.3 Å². The van der Waals surface area contributed by atoms with Crippen molar-refractivity contribution in [2.45, 2.75) is 18.2 Å². The molecule has 0 bridgehead atoms. The van der Waals surface area contributed by atoms with Crippen LogP contribution in [0, 0.1) is 0 Å². The summed E-state index contributed by atoms with van der Waals surface area (Å²) >= 11 is 1.40. The fourth-order valence-corrected chi connectivity index (χ4v) is 4.31. The Morgan fingerprint density at radius 2 is 1.86 bits per heavy atom. The Morgan fingerprint density at radius 3 is 2.43 bits per heavy atom. The summed E-state index contributed by atoms with van der Waals surface area (Å²) in [6, 6.07) is 11.4. The van der Waals surface area contributed by atoms with Gasteiger partial charge < -0.3 is 0 Å². The molecule has 0 aliphatic carbocycles. The molecule has 0 saturated heterocycles. The number of nitrogens with one attached hydrogen (secondary N) is 1. The molecule has 2 aromatic heterocycles. The van der Waals surface area contributed by atoms with Crippen LogP contribution >= 0.6 is 11.3 Å². The van der Waals surface area contributed by atoms with Gasteiger partial charge in [0.05, 0.1) is 10.6 Å². The van der Waals surface area contributed by atoms with Gasteiger partial charge in [-0.05, 0) is 42.8 Å². The van der Waals surface area contributed by atoms with Crippen molar-refractivity contribution >= 4 is 32.4 Å². The predicted octanol–water partition coefficient (Wildman–Crippen LogP) is 3.27. The molecule has 1 amide bonds. The third kappa shape index (κ3) is 4.11. The normalized spacial score (nSPS) is 11.6. The monoisotopic (exact) mass is 416 g/mol. The molecule has 1 N–H and O–H groups in total. The smallest absolute Gasteiger partial charge is 0.257 e. The maximum atomic E-state index is 12.5. The SMILES string of the molecule is CCc1sc(NC(=O)c2ccc(S(=O)(=O)N(C)C)cc2)nc1-c1ccccn1. The van der Waals surface area contributed by atoms with Crippen molar-refractivity contribution in [2.75, 3.05) is 19.4 Å². The van der Waals surface area contributed by atoms with Gasteiger partial charge in [-0.25, -0.2) is 17.7 Å². The molecule has 0 spiro atoms. The van der Waals surface area contributed by atoms with Gasteiger partial charge in [0.2, 0.25) is 10.0 Å². The lowest BCUT2D eigenvalue weighted by molar-refractivity contribution is 0.102. The van der Waals surface area contributed by atoms with Gasteiger partial charge in [0.1, 0.15) is 5.69 Å². The Kier molecular flexibility index (Phi) is 5.87. The summed E-state index contributed by atoms with van der Waals surface area (Å²) in [6.07, 6.45) is 2.48. The maximum Gasteiger partial charge on any atom is 0.257 e. The van der Waals surface area contributed by atoms with E-state index in [0.717, 1.165) is 27.0 Å². The molecule has 0 atom stereocenters. The van der Waals surface area contributed by atoms with Crippen molar-refractivity contribution in [1.29, 1.82) is 0 Å². The first-order valence-corrected chi connectivity index (χ1v) is 10.8. The van der Waals surface area contributed by atoms with E-state index in [4.69, 9.17) is 0 Å². The van der Waals surface area contributed by atoms with E-state index in [1.54, 1.807) is 6.20 Å². The van der Waals surface area contributed by atoms with E-state index in [2.05, 4.69) is 15.3 Å². The van der Waals surface area contributed by atoms with Crippen molar-refractivity contribution < 1.29 is 13.2 Å². The molecule has 3 rings (SSSR count). The third-order valence-corrected chi connectivity index (χ3v) is 6.99. The van der Waals surface area contributed by atoms with Gasteiger partial charge in [-0.3, -0.25) is 15.1 Å². The number of anilines is 1. The van der Waals surface area contributed by atoms with Gasteiger partial charge in [0, 0.05) is 30.7 Å². The van der Waals surface area contributed by atoms with Crippen molar-refractivity contribution in [3.8, 4) is 11.4 Å². The number of nitrogens with zero attached hydrogens (tertiary/aromatic N) is 3. The second-order valence-corrected chi connectivity index (χ2v) is 9.36. The van der Waals surface area contributed by atoms with Gasteiger partial charge >= 0.3 is 0 Å². The van der Waals surface area contributed by atoms with E-state index in [9.17, 15) is 13.2 Å². The molecule has 3 aromatic rings. The quantitative estimate of drug-likeness (QED) is 0.666. The first-order chi connectivity index (χ1) is 13.3. The van der Waals surface area contributed by atoms with E-state index in [-0.39, 0.29) is 10.8 Å². The minimum atomic E-state index is -3.53. The number of thiazole rings is 1. The van der Waals surface area contributed by atoms with Gasteiger partial charge in [0.25, 0.3) is 5.91 Å². The van der Waals surface area contributed by atoms with E-state index in [1.165, 1.54) is 49.7 Å². The Labute approximate surface area is 168 Å². The molecule has 0 radical (unpaired) electrons. The zero-order valence-electron chi connectivity index (χ0n) is 15.7. The van der Waals surface area contributed by atoms with Crippen LogP contribution in [0.15, 0.2) is 53.6 Å². The van der Waals surface area contributed by atoms with Crippen LogP contribution in [-0.2, 0) is 16.4 Å². The zero-order chi connectivity index (χ0) is 20.3. The first kappa shape index (κ1) is 20.1. The van der Waals surface area contributed by atoms with Crippen LogP contribution in [0.3, 0.4) is 0 Å². The molecule has 7 nitrogen and oxygen atoms in total. The Balaban J connectivity index is 1.81. The number of aryl methyl sites for hydroxylation is 1. The van der Waals surface area contributed by atoms with Crippen molar-refractivity contribution in [3.63, 3.8) is 0 Å². The summed E-state index contributed by atoms with van der Waals surface area (Å²) in [5, 5.41) is 3.26. The average Bonchev–Trinajstić information content (AvgIpc) is 3.11. The van der Waals surface area contributed by atoms with E-state index < -0.39 is 10.0 Å². The summed E-state index contributed by atoms with van der Waals surface area (Å²) in [5.74, 6) is -0.349. The second kappa shape index (κ2) is 8.17. The van der Waals surface area contributed by atoms with Gasteiger partial charge in [-0.2, -0.15) is 0 Å². The molecule has 146 valence electrons. The number of amides is 1. The van der Waals surface area contributed by atoms with E-state index in [1.807, 2.05) is 25.1 Å². The molecule has 0 unspecified atom stereocenters. The number of carbonyl (C=O) groups is 1. The molecule has 9 heteroatoms. The van der Waals surface area contributed by atoms with Crippen molar-refractivity contribution in [3.05, 3.63) is 59.1 Å². The van der Waals surface area contributed by atoms with Crippen LogP contribution in [-0.4, -0.2) is 42.7 Å². The number of pyridine rings is 1. The van der Waals surface area contributed by atoms with Gasteiger partial charge in [-0.1, -0.05) is 13.0 Å². The van der Waals surface area contributed by atoms with Crippen LogP contribution < -0.4 is 5.32 Å². The van der Waals surface area contributed by atoms with Gasteiger partial charge in [-0.15, -0.1) is 11.3 Å². The maximum absolute atomic E-state index is 12.5. The van der Waals surface area contributed by atoms with Crippen LogP contribution in [0.5, 0.6) is 0 Å². The van der Waals surface area contributed by atoms with E-state index in [0.29, 0.717) is 10.7 Å². The van der Waals surface area contributed by atoms with Crippen LogP contribution in [0.4, 0.5) is 5.13 Å². The largest absolute Gasteiger partial charge is 0.298 e. The van der Waals surface area contributed by atoms with Gasteiger partial charge in [0.15, 0.2) is 5.13 Å². The molecule has 0 aliphatic rings. The molecule has 1 aromatic carbocycles. The molecular formula is C19H20N4O3S2. The molecule has 0 aliphatic heterocycles. The number of hydrogen-bond acceptors (Lipinski definition) is 6. The lowest BCUT2D eigenvalue weighted by Crippen LogP contribution is -2.22. The highest BCUT2D eigenvalue weighted by atomic mass is 32.2. The highest BCUT2D eigenvalue weighted by Gasteiger charge is 2.19. The fourth-order valence-electron chi connectivity index (χ4n) is 2.51. The first-order valence-electron chi connectivity index (χ1n) is 8.58. The second-order valence-electron chi connectivity index (χ2n) is 6.13. The van der Waals surface area contributed by atoms with Crippen molar-refractivity contribution in [2.24, 2.45) is 0 Å². The van der Waals surface area contributed by atoms with E-state index >= 15 is 0 Å². The summed E-state index contributed by atoms with van der Waals surface area (Å²) in [7, 11) is -0.608. The zero-order valence-corrected chi connectivity index (χ0v) is 17.3. The van der Waals surface area contributed by atoms with Crippen LogP contribution in [0.25, 0.3) is 11.4 Å². The summed E-state index contributed by atoms with van der Waals surface area (Å²) < 4.78 is 25.4. The fraction of sp³-hybridized carbons (Fsp3) is 0.211. The minimum absolute atomic E-state index is 0.133. The molecule has 28 heavy (non-hydrogen) atoms. The molecule has 2 heterocycles. The summed E-state index contributed by atoms with van der Waals surface area (Å²) in [6.45, 7) is 2.02. The highest BCUT2D eigenvalue weighted by Crippen LogP contribution is 2.30. The topological polar surface area (TPSA) is 92.3 Å². The number of rotatable bonds is 6. The predicted molar refractivity (Wildman–Crippen MR) is 110 cm³/mol. The Hall–Kier alpha value is -2.62. The standard InChI is InChI=1S/C19H20N4O3S2/c1-4-16-17(15-7-5-6-12-20-15)21-19(27-16)22-18(24)13-8-10-14(11-9-13)28(25,26)23(2)3/h5-12H,4H2,1-3H3,(H,21,22,24). The number of aromatic nitrogens is 2. The number of sulfonamides is 1. The Morgan fingerprint density at radius 1 is 1.14 bits per heavy atom. The lowest BCUT2D eigenvalue weighted by Gasteiger charge is -2.11. The number of hydrogen-bond donors (Lipinski definition) is 1. The highest BCUT2D eigenvalue weighted by molar-refractivity contribution is 7.89. The Bertz CT molecular complexity index is 1080. The lowest BCUT2D eigenvalue weighted by atomic mass is 10.2. The third-order valence-electron chi connectivity index (χ3n) is 4.04. The summed E-state index contributed by atoms with van der Waals surface area (Å²) in [5.41, 5.74) is 1.87. The average molecular weight is 417 g/mol. The minimum Gasteiger partial charge on any atom is -0.298 e. The number of benzene rings is 1. The molecule has 0 fully saturated rings. The van der Waals surface area contributed by atoms with Crippen LogP contribution in [0.2, 0.25) is 0 Å². The molecule has 0 saturated carbocycles.